The monoisotopic (exact) mass is 544 g/mol. The van der Waals surface area contributed by atoms with Crippen molar-refractivity contribution in [2.45, 2.75) is 25.7 Å². The van der Waals surface area contributed by atoms with Crippen LogP contribution in [0.3, 0.4) is 0 Å². The maximum absolute atomic E-state index is 13.3. The van der Waals surface area contributed by atoms with Crippen LogP contribution in [0.2, 0.25) is 0 Å². The number of ether oxygens (including phenoxy) is 1. The van der Waals surface area contributed by atoms with E-state index in [1.54, 1.807) is 43.7 Å². The zero-order valence-electron chi connectivity index (χ0n) is 20.4. The molecular formula is C25H25FN4O5S2. The highest BCUT2D eigenvalue weighted by atomic mass is 32.2. The zero-order chi connectivity index (χ0) is 26.7. The van der Waals surface area contributed by atoms with Gasteiger partial charge in [-0.1, -0.05) is 13.8 Å². The summed E-state index contributed by atoms with van der Waals surface area (Å²) in [5.74, 6) is -1.59. The molecule has 1 amide bonds. The Kier molecular flexibility index (Phi) is 7.71. The van der Waals surface area contributed by atoms with Gasteiger partial charge in [-0.2, -0.15) is 9.40 Å². The predicted molar refractivity (Wildman–Crippen MR) is 139 cm³/mol. The van der Waals surface area contributed by atoms with Crippen LogP contribution in [0.15, 0.2) is 59.5 Å². The summed E-state index contributed by atoms with van der Waals surface area (Å²) in [6.07, 6.45) is 0. The van der Waals surface area contributed by atoms with Crippen molar-refractivity contribution in [1.82, 2.24) is 14.1 Å². The first-order chi connectivity index (χ1) is 17.6. The Morgan fingerprint density at radius 3 is 2.35 bits per heavy atom. The number of halogens is 1. The largest absolute Gasteiger partial charge is 0.451 e. The van der Waals surface area contributed by atoms with Gasteiger partial charge in [0.05, 0.1) is 16.3 Å². The molecule has 0 aliphatic rings. The highest BCUT2D eigenvalue weighted by Gasteiger charge is 2.22. The lowest BCUT2D eigenvalue weighted by molar-refractivity contribution is -0.119. The van der Waals surface area contributed by atoms with Gasteiger partial charge in [0, 0.05) is 24.2 Å². The van der Waals surface area contributed by atoms with E-state index in [9.17, 15) is 22.4 Å². The van der Waals surface area contributed by atoms with Gasteiger partial charge in [0.15, 0.2) is 6.61 Å². The standard InChI is InChI=1S/C25H25FN4O5S2/c1-4-29(5-2)37(33,34)20-12-8-18(9-13-20)27-23(31)15-35-25(32)22-14-21-16(3)28-30(24(21)36-22)19-10-6-17(26)7-11-19/h6-14H,4-5,15H2,1-3H3,(H,27,31). The molecule has 0 fully saturated rings. The van der Waals surface area contributed by atoms with Crippen LogP contribution in [0.1, 0.15) is 29.2 Å². The predicted octanol–water partition coefficient (Wildman–Crippen LogP) is 4.36. The lowest BCUT2D eigenvalue weighted by atomic mass is 10.3. The van der Waals surface area contributed by atoms with Crippen LogP contribution in [0.4, 0.5) is 10.1 Å². The van der Waals surface area contributed by atoms with Crippen molar-refractivity contribution in [3.63, 3.8) is 0 Å². The lowest BCUT2D eigenvalue weighted by Crippen LogP contribution is -2.30. The van der Waals surface area contributed by atoms with Crippen molar-refractivity contribution in [3.05, 3.63) is 71.0 Å². The minimum atomic E-state index is -3.60. The smallest absolute Gasteiger partial charge is 0.348 e. The van der Waals surface area contributed by atoms with Crippen molar-refractivity contribution >= 4 is 49.1 Å². The van der Waals surface area contributed by atoms with E-state index in [1.807, 2.05) is 0 Å². The van der Waals surface area contributed by atoms with Crippen molar-refractivity contribution in [1.29, 1.82) is 0 Å². The van der Waals surface area contributed by atoms with Crippen molar-refractivity contribution < 1.29 is 27.1 Å². The number of aryl methyl sites for hydroxylation is 1. The number of esters is 1. The van der Waals surface area contributed by atoms with Gasteiger partial charge in [-0.05, 0) is 61.5 Å². The minimum Gasteiger partial charge on any atom is -0.451 e. The summed E-state index contributed by atoms with van der Waals surface area (Å²) in [4.78, 5) is 26.0. The Balaban J connectivity index is 1.40. The van der Waals surface area contributed by atoms with Gasteiger partial charge in [-0.3, -0.25) is 4.79 Å². The molecule has 4 aromatic rings. The van der Waals surface area contributed by atoms with Crippen LogP contribution in [-0.2, 0) is 19.6 Å². The van der Waals surface area contributed by atoms with E-state index in [0.717, 1.165) is 16.7 Å². The third-order valence-corrected chi connectivity index (χ3v) is 8.79. The minimum absolute atomic E-state index is 0.125. The zero-order valence-corrected chi connectivity index (χ0v) is 22.0. The average Bonchev–Trinajstić information content (AvgIpc) is 3.45. The summed E-state index contributed by atoms with van der Waals surface area (Å²) in [5.41, 5.74) is 1.71. The van der Waals surface area contributed by atoms with E-state index in [1.165, 1.54) is 40.7 Å². The second kappa shape index (κ2) is 10.8. The van der Waals surface area contributed by atoms with Crippen LogP contribution in [-0.4, -0.2) is 54.1 Å². The number of amides is 1. The Morgan fingerprint density at radius 1 is 1.08 bits per heavy atom. The molecule has 0 bridgehead atoms. The fourth-order valence-electron chi connectivity index (χ4n) is 3.73. The lowest BCUT2D eigenvalue weighted by Gasteiger charge is -2.18. The van der Waals surface area contributed by atoms with Crippen LogP contribution in [0, 0.1) is 12.7 Å². The van der Waals surface area contributed by atoms with E-state index < -0.39 is 28.5 Å². The van der Waals surface area contributed by atoms with E-state index in [-0.39, 0.29) is 10.7 Å². The number of hydrogen-bond donors (Lipinski definition) is 1. The summed E-state index contributed by atoms with van der Waals surface area (Å²) in [6, 6.07) is 13.3. The highest BCUT2D eigenvalue weighted by Crippen LogP contribution is 2.31. The van der Waals surface area contributed by atoms with Gasteiger partial charge in [-0.15, -0.1) is 11.3 Å². The fourth-order valence-corrected chi connectivity index (χ4v) is 6.26. The molecule has 2 aromatic carbocycles. The molecular weight excluding hydrogens is 519 g/mol. The molecule has 0 radical (unpaired) electrons. The molecule has 0 saturated carbocycles. The normalized spacial score (nSPS) is 11.7. The number of rotatable bonds is 9. The Bertz CT molecular complexity index is 1540. The number of carbonyl (C=O) groups excluding carboxylic acids is 2. The molecule has 0 saturated heterocycles. The van der Waals surface area contributed by atoms with Crippen LogP contribution >= 0.6 is 11.3 Å². The van der Waals surface area contributed by atoms with E-state index in [2.05, 4.69) is 10.4 Å². The van der Waals surface area contributed by atoms with Gasteiger partial charge in [0.2, 0.25) is 10.0 Å². The highest BCUT2D eigenvalue weighted by molar-refractivity contribution is 7.89. The molecule has 0 unspecified atom stereocenters. The molecule has 37 heavy (non-hydrogen) atoms. The molecule has 0 aliphatic carbocycles. The Morgan fingerprint density at radius 2 is 1.73 bits per heavy atom. The summed E-state index contributed by atoms with van der Waals surface area (Å²) >= 11 is 1.16. The molecule has 12 heteroatoms. The molecule has 0 aliphatic heterocycles. The van der Waals surface area contributed by atoms with Gasteiger partial charge < -0.3 is 10.1 Å². The van der Waals surface area contributed by atoms with Crippen LogP contribution in [0.5, 0.6) is 0 Å². The number of nitrogens with zero attached hydrogens (tertiary/aromatic N) is 3. The first-order valence-electron chi connectivity index (χ1n) is 11.5. The maximum Gasteiger partial charge on any atom is 0.348 e. The Hall–Kier alpha value is -3.61. The number of hydrogen-bond acceptors (Lipinski definition) is 7. The number of anilines is 1. The molecule has 9 nitrogen and oxygen atoms in total. The summed E-state index contributed by atoms with van der Waals surface area (Å²) in [5, 5.41) is 7.80. The molecule has 0 spiro atoms. The number of thiophene rings is 1. The maximum atomic E-state index is 13.3. The van der Waals surface area contributed by atoms with Crippen molar-refractivity contribution in [2.75, 3.05) is 25.0 Å². The average molecular weight is 545 g/mol. The number of carbonyl (C=O) groups is 2. The van der Waals surface area contributed by atoms with E-state index in [0.29, 0.717) is 39.9 Å². The molecule has 2 heterocycles. The third kappa shape index (κ3) is 5.55. The number of nitrogens with one attached hydrogen (secondary N) is 1. The molecule has 2 aromatic heterocycles. The van der Waals surface area contributed by atoms with Gasteiger partial charge in [0.25, 0.3) is 5.91 Å². The number of benzene rings is 2. The summed E-state index contributed by atoms with van der Waals surface area (Å²) < 4.78 is 46.6. The molecule has 194 valence electrons. The van der Waals surface area contributed by atoms with E-state index in [4.69, 9.17) is 4.74 Å². The van der Waals surface area contributed by atoms with Gasteiger partial charge in [0.1, 0.15) is 15.5 Å². The van der Waals surface area contributed by atoms with E-state index >= 15 is 0 Å². The third-order valence-electron chi connectivity index (χ3n) is 5.63. The first-order valence-corrected chi connectivity index (χ1v) is 13.7. The first kappa shape index (κ1) is 26.5. The number of aromatic nitrogens is 2. The quantitative estimate of drug-likeness (QED) is 0.314. The van der Waals surface area contributed by atoms with Crippen molar-refractivity contribution in [2.24, 2.45) is 0 Å². The second-order valence-electron chi connectivity index (χ2n) is 8.04. The molecule has 1 N–H and O–H groups in total. The van der Waals surface area contributed by atoms with Crippen molar-refractivity contribution in [3.8, 4) is 5.69 Å². The number of sulfonamides is 1. The van der Waals surface area contributed by atoms with Gasteiger partial charge in [-0.25, -0.2) is 22.3 Å². The SMILES string of the molecule is CCN(CC)S(=O)(=O)c1ccc(NC(=O)COC(=O)c2cc3c(C)nn(-c4ccc(F)cc4)c3s2)cc1. The second-order valence-corrected chi connectivity index (χ2v) is 11.0. The Labute approximate surface area is 217 Å². The summed E-state index contributed by atoms with van der Waals surface area (Å²) in [6.45, 7) is 5.51. The fraction of sp³-hybridized carbons (Fsp3) is 0.240. The van der Waals surface area contributed by atoms with Crippen LogP contribution < -0.4 is 5.32 Å². The molecule has 0 atom stereocenters. The molecule has 4 rings (SSSR count). The van der Waals surface area contributed by atoms with Crippen LogP contribution in [0.25, 0.3) is 15.9 Å². The van der Waals surface area contributed by atoms with Gasteiger partial charge >= 0.3 is 5.97 Å². The summed E-state index contributed by atoms with van der Waals surface area (Å²) in [7, 11) is -3.60. The topological polar surface area (TPSA) is 111 Å². The number of fused-ring (bicyclic) bond motifs is 1.